The molecule has 0 bridgehead atoms. The summed E-state index contributed by atoms with van der Waals surface area (Å²) in [4.78, 5) is 16.9. The van der Waals surface area contributed by atoms with Gasteiger partial charge in [0.1, 0.15) is 5.01 Å². The van der Waals surface area contributed by atoms with Crippen LogP contribution in [0.25, 0.3) is 10.6 Å². The van der Waals surface area contributed by atoms with E-state index in [2.05, 4.69) is 10.4 Å². The zero-order chi connectivity index (χ0) is 21.0. The molecule has 1 aromatic heterocycles. The highest BCUT2D eigenvalue weighted by atomic mass is 32.1. The molecule has 0 unspecified atom stereocenters. The van der Waals surface area contributed by atoms with Gasteiger partial charge >= 0.3 is 6.18 Å². The van der Waals surface area contributed by atoms with Gasteiger partial charge in [-0.1, -0.05) is 24.3 Å². The second-order valence-electron chi connectivity index (χ2n) is 6.27. The van der Waals surface area contributed by atoms with Crippen molar-refractivity contribution in [1.82, 2.24) is 10.4 Å². The van der Waals surface area contributed by atoms with Crippen molar-refractivity contribution in [3.8, 4) is 10.6 Å². The zero-order valence-corrected chi connectivity index (χ0v) is 16.2. The molecule has 0 aliphatic heterocycles. The Morgan fingerprint density at radius 3 is 2.55 bits per heavy atom. The molecule has 152 valence electrons. The molecule has 1 heterocycles. The molecule has 0 fully saturated rings. The zero-order valence-electron chi connectivity index (χ0n) is 15.4. The number of rotatable bonds is 6. The first-order valence-corrected chi connectivity index (χ1v) is 9.41. The number of hydrogen-bond donors (Lipinski definition) is 2. The third kappa shape index (κ3) is 5.20. The number of carbonyl (C=O) groups is 1. The van der Waals surface area contributed by atoms with Gasteiger partial charge in [-0.3, -0.25) is 10.2 Å². The van der Waals surface area contributed by atoms with Crippen LogP contribution in [0.5, 0.6) is 0 Å². The van der Waals surface area contributed by atoms with Crippen molar-refractivity contribution in [2.75, 3.05) is 0 Å². The molecular weight excluding hydrogens is 403 g/mol. The molecule has 0 saturated carbocycles. The largest absolute Gasteiger partial charge is 0.416 e. The number of nitrogens with one attached hydrogen (secondary N) is 1. The normalized spacial score (nSPS) is 11.5. The molecule has 0 radical (unpaired) electrons. The Balaban J connectivity index is 1.65. The summed E-state index contributed by atoms with van der Waals surface area (Å²) in [6.45, 7) is 2.42. The predicted molar refractivity (Wildman–Crippen MR) is 104 cm³/mol. The fourth-order valence-corrected chi connectivity index (χ4v) is 3.64. The highest BCUT2D eigenvalue weighted by Crippen LogP contribution is 2.33. The molecule has 0 aliphatic carbocycles. The van der Waals surface area contributed by atoms with E-state index in [-0.39, 0.29) is 5.91 Å². The Hall–Kier alpha value is -2.75. The first-order valence-electron chi connectivity index (χ1n) is 8.59. The quantitative estimate of drug-likeness (QED) is 0.350. The van der Waals surface area contributed by atoms with Crippen molar-refractivity contribution in [2.45, 2.75) is 26.3 Å². The average molecular weight is 421 g/mol. The number of ether oxygens (including phenoxy) is 1. The highest BCUT2D eigenvalue weighted by molar-refractivity contribution is 7.15. The topological polar surface area (TPSA) is 77.2 Å². The summed E-state index contributed by atoms with van der Waals surface area (Å²) >= 11 is 1.37. The number of halogens is 3. The Morgan fingerprint density at radius 2 is 1.90 bits per heavy atom. The number of aryl methyl sites for hydroxylation is 1. The van der Waals surface area contributed by atoms with Crippen molar-refractivity contribution in [3.63, 3.8) is 0 Å². The van der Waals surface area contributed by atoms with Crippen LogP contribution < -0.4 is 11.3 Å². The number of hydrogen-bond acceptors (Lipinski definition) is 5. The van der Waals surface area contributed by atoms with E-state index in [0.29, 0.717) is 29.3 Å². The molecule has 0 aliphatic rings. The van der Waals surface area contributed by atoms with Crippen LogP contribution >= 0.6 is 11.3 Å². The summed E-state index contributed by atoms with van der Waals surface area (Å²) in [5, 5.41) is 0.636. The van der Waals surface area contributed by atoms with Crippen molar-refractivity contribution < 1.29 is 22.7 Å². The molecule has 29 heavy (non-hydrogen) atoms. The maximum atomic E-state index is 12.7. The highest BCUT2D eigenvalue weighted by Gasteiger charge is 2.30. The first kappa shape index (κ1) is 21.0. The fraction of sp³-hybridized carbons (Fsp3) is 0.200. The average Bonchev–Trinajstić information content (AvgIpc) is 3.07. The lowest BCUT2D eigenvalue weighted by atomic mass is 10.1. The van der Waals surface area contributed by atoms with Gasteiger partial charge < -0.3 is 4.74 Å². The van der Waals surface area contributed by atoms with Crippen molar-refractivity contribution in [2.24, 2.45) is 5.84 Å². The number of thiazole rings is 1. The van der Waals surface area contributed by atoms with Crippen LogP contribution in [-0.4, -0.2) is 10.9 Å². The molecule has 0 saturated heterocycles. The summed E-state index contributed by atoms with van der Waals surface area (Å²) in [5.41, 5.74) is 4.03. The summed E-state index contributed by atoms with van der Waals surface area (Å²) in [6, 6.07) is 11.8. The number of nitrogens with zero attached hydrogens (tertiary/aromatic N) is 1. The second kappa shape index (κ2) is 8.73. The lowest BCUT2D eigenvalue weighted by molar-refractivity contribution is -0.137. The van der Waals surface area contributed by atoms with E-state index in [9.17, 15) is 18.0 Å². The number of carbonyl (C=O) groups excluding carboxylic acids is 1. The number of nitrogen functional groups attached to an aromatic ring is 1. The molecule has 5 nitrogen and oxygen atoms in total. The Bertz CT molecular complexity index is 1000. The number of hydrazine groups is 1. The Kier molecular flexibility index (Phi) is 6.31. The lowest BCUT2D eigenvalue weighted by Gasteiger charge is -2.06. The molecule has 0 spiro atoms. The van der Waals surface area contributed by atoms with E-state index in [1.165, 1.54) is 23.5 Å². The van der Waals surface area contributed by atoms with Gasteiger partial charge in [0.25, 0.3) is 5.91 Å². The summed E-state index contributed by atoms with van der Waals surface area (Å²) in [5.74, 6) is 4.75. The van der Waals surface area contributed by atoms with Gasteiger partial charge in [-0.25, -0.2) is 10.8 Å². The summed E-state index contributed by atoms with van der Waals surface area (Å²) < 4.78 is 43.8. The van der Waals surface area contributed by atoms with Gasteiger partial charge in [0.05, 0.1) is 29.3 Å². The van der Waals surface area contributed by atoms with E-state index in [4.69, 9.17) is 10.6 Å². The maximum absolute atomic E-state index is 12.7. The molecule has 0 atom stereocenters. The van der Waals surface area contributed by atoms with Crippen LogP contribution in [-0.2, 0) is 24.1 Å². The molecule has 2 aromatic carbocycles. The third-order valence-corrected chi connectivity index (χ3v) is 5.35. The van der Waals surface area contributed by atoms with Crippen molar-refractivity contribution in [3.05, 3.63) is 75.8 Å². The van der Waals surface area contributed by atoms with E-state index in [1.807, 2.05) is 13.0 Å². The molecule has 3 aromatic rings. The number of benzene rings is 2. The van der Waals surface area contributed by atoms with Crippen LogP contribution in [0.15, 0.2) is 48.5 Å². The number of nitrogens with two attached hydrogens (primary N) is 1. The molecule has 3 rings (SSSR count). The molecule has 3 N–H and O–H groups in total. The maximum Gasteiger partial charge on any atom is 0.416 e. The fourth-order valence-electron chi connectivity index (χ4n) is 2.63. The van der Waals surface area contributed by atoms with Crippen molar-refractivity contribution >= 4 is 17.2 Å². The van der Waals surface area contributed by atoms with Gasteiger partial charge in [0.2, 0.25) is 0 Å². The predicted octanol–water partition coefficient (Wildman–Crippen LogP) is 4.46. The minimum atomic E-state index is -4.36. The van der Waals surface area contributed by atoms with Gasteiger partial charge in [-0.2, -0.15) is 13.2 Å². The molecule has 9 heteroatoms. The smallest absolute Gasteiger partial charge is 0.371 e. The monoisotopic (exact) mass is 421 g/mol. The SMILES string of the molecule is Cc1nc(-c2ccc(C(F)(F)F)cc2)sc1COCc1cccc(C(=O)NN)c1. The minimum absolute atomic E-state index is 0.290. The Labute approximate surface area is 169 Å². The third-order valence-electron chi connectivity index (χ3n) is 4.17. The van der Waals surface area contributed by atoms with Gasteiger partial charge in [-0.05, 0) is 36.8 Å². The standard InChI is InChI=1S/C20H18F3N3O2S/c1-12-17(11-28-10-13-3-2-4-15(9-13)18(27)26-24)29-19(25-12)14-5-7-16(8-6-14)20(21,22)23/h2-9H,10-11,24H2,1H3,(H,26,27). The van der Waals surface area contributed by atoms with E-state index in [0.717, 1.165) is 28.3 Å². The molecular formula is C20H18F3N3O2S. The van der Waals surface area contributed by atoms with E-state index >= 15 is 0 Å². The van der Waals surface area contributed by atoms with Gasteiger partial charge in [0, 0.05) is 11.1 Å². The van der Waals surface area contributed by atoms with E-state index in [1.54, 1.807) is 18.2 Å². The minimum Gasteiger partial charge on any atom is -0.371 e. The van der Waals surface area contributed by atoms with Gasteiger partial charge in [-0.15, -0.1) is 11.3 Å². The Morgan fingerprint density at radius 1 is 1.17 bits per heavy atom. The number of amides is 1. The lowest BCUT2D eigenvalue weighted by Crippen LogP contribution is -2.29. The van der Waals surface area contributed by atoms with Crippen LogP contribution in [0.3, 0.4) is 0 Å². The second-order valence-corrected chi connectivity index (χ2v) is 7.35. The number of aromatic nitrogens is 1. The van der Waals surface area contributed by atoms with Gasteiger partial charge in [0.15, 0.2) is 0 Å². The molecule has 1 amide bonds. The van der Waals surface area contributed by atoms with E-state index < -0.39 is 11.7 Å². The van der Waals surface area contributed by atoms with Crippen LogP contribution in [0.1, 0.15) is 32.1 Å². The van der Waals surface area contributed by atoms with Crippen LogP contribution in [0.4, 0.5) is 13.2 Å². The first-order chi connectivity index (χ1) is 13.8. The van der Waals surface area contributed by atoms with Crippen LogP contribution in [0, 0.1) is 6.92 Å². The van der Waals surface area contributed by atoms with Crippen molar-refractivity contribution in [1.29, 1.82) is 0 Å². The number of alkyl halides is 3. The summed E-state index contributed by atoms with van der Waals surface area (Å²) in [7, 11) is 0. The summed E-state index contributed by atoms with van der Waals surface area (Å²) in [6.07, 6.45) is -4.36. The van der Waals surface area contributed by atoms with Crippen LogP contribution in [0.2, 0.25) is 0 Å².